The largest absolute Gasteiger partial charge is 0.481 e. The van der Waals surface area contributed by atoms with Gasteiger partial charge in [-0.1, -0.05) is 18.2 Å². The Labute approximate surface area is 203 Å². The van der Waals surface area contributed by atoms with E-state index in [0.29, 0.717) is 5.69 Å². The number of aliphatic hydroxyl groups is 1. The van der Waals surface area contributed by atoms with E-state index in [9.17, 15) is 5.11 Å². The lowest BCUT2D eigenvalue weighted by molar-refractivity contribution is 0.196. The van der Waals surface area contributed by atoms with Crippen molar-refractivity contribution < 1.29 is 14.3 Å². The van der Waals surface area contributed by atoms with E-state index in [1.165, 1.54) is 10.9 Å². The van der Waals surface area contributed by atoms with Crippen LogP contribution < -0.4 is 15.0 Å². The van der Waals surface area contributed by atoms with Gasteiger partial charge < -0.3 is 29.5 Å². The second-order valence-electron chi connectivity index (χ2n) is 8.72. The van der Waals surface area contributed by atoms with Gasteiger partial charge in [0.25, 0.3) is 0 Å². The molecule has 0 amide bonds. The molecule has 2 aromatic carbocycles. The molecule has 0 bridgehead atoms. The third kappa shape index (κ3) is 4.34. The van der Waals surface area contributed by atoms with Crippen LogP contribution in [0.3, 0.4) is 0 Å². The number of pyridine rings is 1. The number of aliphatic hydroxyl groups excluding tert-OH is 1. The van der Waals surface area contributed by atoms with Gasteiger partial charge in [0, 0.05) is 52.8 Å². The lowest BCUT2D eigenvalue weighted by Gasteiger charge is -2.36. The lowest BCUT2D eigenvalue weighted by atomic mass is 10.1. The molecule has 6 rings (SSSR count). The van der Waals surface area contributed by atoms with Gasteiger partial charge in [0.1, 0.15) is 11.9 Å². The predicted molar refractivity (Wildman–Crippen MR) is 136 cm³/mol. The first-order valence-electron chi connectivity index (χ1n) is 11.7. The molecule has 7 nitrogen and oxygen atoms in total. The van der Waals surface area contributed by atoms with Crippen LogP contribution >= 0.6 is 0 Å². The van der Waals surface area contributed by atoms with Gasteiger partial charge in [-0.15, -0.1) is 0 Å². The molecule has 3 N–H and O–H groups in total. The highest BCUT2D eigenvalue weighted by atomic mass is 16.5. The molecular weight excluding hydrogens is 440 g/mol. The summed E-state index contributed by atoms with van der Waals surface area (Å²) in [7, 11) is 0. The summed E-state index contributed by atoms with van der Waals surface area (Å²) in [5.41, 5.74) is 6.95. The maximum Gasteiger partial charge on any atom is 0.145 e. The standard InChI is InChI=1S/C28H26N4O3/c33-17-23-13-22(7-10-29-23)31-21-5-6-26-27(14-21)35-28(20-9-12-34-18-20)16-32(26)11-8-19-15-30-25-4-2-1-3-24(19)25/h1-7,9-10,12-15,18,28,30,33H,8,11,16-17H2,(H,29,31)/t28-/m0/s1. The summed E-state index contributed by atoms with van der Waals surface area (Å²) < 4.78 is 11.8. The van der Waals surface area contributed by atoms with Crippen LogP contribution in [0.5, 0.6) is 5.75 Å². The van der Waals surface area contributed by atoms with Crippen molar-refractivity contribution in [2.45, 2.75) is 19.1 Å². The summed E-state index contributed by atoms with van der Waals surface area (Å²) in [6.45, 7) is 1.51. The molecule has 0 unspecified atom stereocenters. The van der Waals surface area contributed by atoms with Gasteiger partial charge in [-0.05, 0) is 48.4 Å². The molecule has 7 heteroatoms. The minimum absolute atomic E-state index is 0.0966. The Morgan fingerprint density at radius 2 is 2.00 bits per heavy atom. The molecule has 0 saturated heterocycles. The molecule has 0 aliphatic carbocycles. The molecule has 3 aromatic heterocycles. The highest BCUT2D eigenvalue weighted by molar-refractivity contribution is 5.83. The molecular formula is C28H26N4O3. The first-order valence-corrected chi connectivity index (χ1v) is 11.7. The molecule has 35 heavy (non-hydrogen) atoms. The number of hydrogen-bond acceptors (Lipinski definition) is 6. The van der Waals surface area contributed by atoms with Crippen molar-refractivity contribution in [2.75, 3.05) is 23.3 Å². The van der Waals surface area contributed by atoms with Crippen molar-refractivity contribution in [3.8, 4) is 5.75 Å². The second-order valence-corrected chi connectivity index (χ2v) is 8.72. The summed E-state index contributed by atoms with van der Waals surface area (Å²) in [6, 6.07) is 20.3. The Morgan fingerprint density at radius 1 is 1.09 bits per heavy atom. The Hall–Kier alpha value is -4.23. The molecule has 0 radical (unpaired) electrons. The lowest BCUT2D eigenvalue weighted by Crippen LogP contribution is -2.36. The third-order valence-electron chi connectivity index (χ3n) is 6.46. The van der Waals surface area contributed by atoms with E-state index in [2.05, 4.69) is 62.8 Å². The third-order valence-corrected chi connectivity index (χ3v) is 6.46. The number of benzene rings is 2. The number of nitrogens with zero attached hydrogens (tertiary/aromatic N) is 2. The van der Waals surface area contributed by atoms with Crippen molar-refractivity contribution in [3.05, 3.63) is 102 Å². The smallest absolute Gasteiger partial charge is 0.145 e. The predicted octanol–water partition coefficient (Wildman–Crippen LogP) is 5.57. The Kier molecular flexibility index (Phi) is 5.60. The van der Waals surface area contributed by atoms with Crippen molar-refractivity contribution in [3.63, 3.8) is 0 Å². The van der Waals surface area contributed by atoms with Gasteiger partial charge >= 0.3 is 0 Å². The van der Waals surface area contributed by atoms with Crippen LogP contribution in [-0.2, 0) is 13.0 Å². The fraction of sp³-hybridized carbons (Fsp3) is 0.179. The van der Waals surface area contributed by atoms with E-state index in [1.54, 1.807) is 18.7 Å². The number of fused-ring (bicyclic) bond motifs is 2. The average Bonchev–Trinajstić information content (AvgIpc) is 3.58. The molecule has 4 heterocycles. The summed E-state index contributed by atoms with van der Waals surface area (Å²) in [6.07, 6.45) is 8.03. The fourth-order valence-corrected chi connectivity index (χ4v) is 4.68. The number of aromatic nitrogens is 2. The van der Waals surface area contributed by atoms with Gasteiger partial charge in [0.05, 0.1) is 37.1 Å². The summed E-state index contributed by atoms with van der Waals surface area (Å²) in [5, 5.41) is 14.1. The molecule has 1 aliphatic rings. The van der Waals surface area contributed by atoms with Gasteiger partial charge in [-0.2, -0.15) is 0 Å². The van der Waals surface area contributed by atoms with Crippen molar-refractivity contribution in [1.29, 1.82) is 0 Å². The first-order chi connectivity index (χ1) is 17.3. The SMILES string of the molecule is OCc1cc(Nc2ccc3c(c2)O[C@H](c2ccoc2)CN3CCc2c[nH]c3ccccc23)ccn1. The number of ether oxygens (including phenoxy) is 1. The number of hydrogen-bond donors (Lipinski definition) is 3. The van der Waals surface area contributed by atoms with Crippen LogP contribution in [0.15, 0.2) is 90.0 Å². The molecule has 176 valence electrons. The normalized spacial score (nSPS) is 15.1. The summed E-state index contributed by atoms with van der Waals surface area (Å²) in [4.78, 5) is 9.91. The zero-order valence-corrected chi connectivity index (χ0v) is 19.1. The summed E-state index contributed by atoms with van der Waals surface area (Å²) in [5.74, 6) is 0.822. The number of furan rings is 1. The van der Waals surface area contributed by atoms with Gasteiger partial charge in [-0.25, -0.2) is 0 Å². The van der Waals surface area contributed by atoms with Crippen molar-refractivity contribution >= 4 is 28.0 Å². The molecule has 0 spiro atoms. The van der Waals surface area contributed by atoms with E-state index >= 15 is 0 Å². The van der Waals surface area contributed by atoms with Crippen molar-refractivity contribution in [2.24, 2.45) is 0 Å². The zero-order valence-electron chi connectivity index (χ0n) is 19.1. The van der Waals surface area contributed by atoms with E-state index in [1.807, 2.05) is 24.3 Å². The number of rotatable bonds is 7. The Morgan fingerprint density at radius 3 is 2.89 bits per heavy atom. The van der Waals surface area contributed by atoms with E-state index in [4.69, 9.17) is 9.15 Å². The number of para-hydroxylation sites is 1. The number of nitrogens with one attached hydrogen (secondary N) is 2. The van der Waals surface area contributed by atoms with Crippen LogP contribution in [0.25, 0.3) is 10.9 Å². The monoisotopic (exact) mass is 466 g/mol. The topological polar surface area (TPSA) is 86.5 Å². The quantitative estimate of drug-likeness (QED) is 0.291. The maximum atomic E-state index is 9.39. The van der Waals surface area contributed by atoms with Crippen molar-refractivity contribution in [1.82, 2.24) is 9.97 Å². The second kappa shape index (κ2) is 9.19. The number of anilines is 3. The first kappa shape index (κ1) is 21.3. The Bertz CT molecular complexity index is 1440. The maximum absolute atomic E-state index is 9.39. The van der Waals surface area contributed by atoms with Crippen LogP contribution in [0.4, 0.5) is 17.1 Å². The zero-order chi connectivity index (χ0) is 23.6. The van der Waals surface area contributed by atoms with Crippen LogP contribution in [-0.4, -0.2) is 28.2 Å². The molecule has 0 saturated carbocycles. The fourth-order valence-electron chi connectivity index (χ4n) is 4.68. The Balaban J connectivity index is 1.28. The van der Waals surface area contributed by atoms with Gasteiger partial charge in [0.2, 0.25) is 0 Å². The molecule has 1 aliphatic heterocycles. The van der Waals surface area contributed by atoms with E-state index in [0.717, 1.165) is 53.4 Å². The van der Waals surface area contributed by atoms with Crippen LogP contribution in [0.1, 0.15) is 22.9 Å². The number of H-pyrrole nitrogens is 1. The summed E-state index contributed by atoms with van der Waals surface area (Å²) >= 11 is 0. The minimum Gasteiger partial charge on any atom is -0.481 e. The van der Waals surface area contributed by atoms with Crippen LogP contribution in [0, 0.1) is 0 Å². The molecule has 5 aromatic rings. The minimum atomic E-state index is -0.124. The van der Waals surface area contributed by atoms with E-state index < -0.39 is 0 Å². The van der Waals surface area contributed by atoms with Gasteiger partial charge in [0.15, 0.2) is 0 Å². The highest BCUT2D eigenvalue weighted by Gasteiger charge is 2.28. The van der Waals surface area contributed by atoms with E-state index in [-0.39, 0.29) is 12.7 Å². The highest BCUT2D eigenvalue weighted by Crippen LogP contribution is 2.40. The molecule has 0 fully saturated rings. The van der Waals surface area contributed by atoms with Gasteiger partial charge in [-0.3, -0.25) is 4.98 Å². The molecule has 1 atom stereocenters. The number of aromatic amines is 1. The van der Waals surface area contributed by atoms with Crippen LogP contribution in [0.2, 0.25) is 0 Å². The average molecular weight is 467 g/mol.